The number of rotatable bonds is 7. The Morgan fingerprint density at radius 3 is 2.67 bits per heavy atom. The molecular formula is C7H17NO3S. The van der Waals surface area contributed by atoms with Gasteiger partial charge in [-0.15, -0.1) is 0 Å². The normalized spacial score (nSPS) is 13.7. The van der Waals surface area contributed by atoms with Crippen molar-refractivity contribution < 1.29 is 13.5 Å². The predicted molar refractivity (Wildman–Crippen MR) is 49.6 cm³/mol. The van der Waals surface area contributed by atoms with Crippen LogP contribution in [0.3, 0.4) is 0 Å². The maximum absolute atomic E-state index is 10.3. The quantitative estimate of drug-likeness (QED) is 0.589. The van der Waals surface area contributed by atoms with Crippen LogP contribution in [0.25, 0.3) is 0 Å². The molecule has 1 N–H and O–H groups in total. The second-order valence-electron chi connectivity index (χ2n) is 2.68. The Morgan fingerprint density at radius 2 is 2.17 bits per heavy atom. The van der Waals surface area contributed by atoms with Crippen molar-refractivity contribution in [2.24, 2.45) is 0 Å². The Hall–Kier alpha value is 0.0300. The Morgan fingerprint density at radius 1 is 1.50 bits per heavy atom. The lowest BCUT2D eigenvalue weighted by atomic mass is 10.4. The van der Waals surface area contributed by atoms with Crippen LogP contribution in [-0.2, 0) is 15.8 Å². The van der Waals surface area contributed by atoms with Gasteiger partial charge in [-0.2, -0.15) is 0 Å². The molecule has 0 aliphatic rings. The van der Waals surface area contributed by atoms with Crippen LogP contribution in [-0.4, -0.2) is 53.3 Å². The first-order valence-corrected chi connectivity index (χ1v) is 5.19. The molecule has 0 rings (SSSR count). The van der Waals surface area contributed by atoms with Gasteiger partial charge in [-0.1, -0.05) is 0 Å². The summed E-state index contributed by atoms with van der Waals surface area (Å²) in [6, 6.07) is 0. The first-order valence-electron chi connectivity index (χ1n) is 3.91. The molecule has 0 bridgehead atoms. The minimum Gasteiger partial charge on any atom is -0.383 e. The van der Waals surface area contributed by atoms with E-state index in [9.17, 15) is 4.21 Å². The summed E-state index contributed by atoms with van der Waals surface area (Å²) in [6.45, 7) is 2.42. The number of hydrogen-bond donors (Lipinski definition) is 1. The van der Waals surface area contributed by atoms with Crippen LogP contribution in [0.5, 0.6) is 0 Å². The van der Waals surface area contributed by atoms with Gasteiger partial charge in [-0.3, -0.25) is 0 Å². The van der Waals surface area contributed by atoms with Gasteiger partial charge in [0, 0.05) is 13.7 Å². The van der Waals surface area contributed by atoms with Gasteiger partial charge >= 0.3 is 0 Å². The van der Waals surface area contributed by atoms with Crippen molar-refractivity contribution in [3.63, 3.8) is 0 Å². The average molecular weight is 195 g/mol. The smallest absolute Gasteiger partial charge is 0.152 e. The zero-order valence-electron chi connectivity index (χ0n) is 7.65. The van der Waals surface area contributed by atoms with E-state index >= 15 is 0 Å². The van der Waals surface area contributed by atoms with E-state index in [-0.39, 0.29) is 0 Å². The van der Waals surface area contributed by atoms with Crippen LogP contribution in [0.15, 0.2) is 0 Å². The number of methoxy groups -OCH3 is 1. The molecule has 74 valence electrons. The van der Waals surface area contributed by atoms with Crippen LogP contribution >= 0.6 is 0 Å². The van der Waals surface area contributed by atoms with Gasteiger partial charge in [0.25, 0.3) is 0 Å². The largest absolute Gasteiger partial charge is 0.383 e. The Balaban J connectivity index is 3.19. The summed E-state index contributed by atoms with van der Waals surface area (Å²) in [5.74, 6) is 0.358. The average Bonchev–Trinajstić information content (AvgIpc) is 2.00. The molecule has 4 nitrogen and oxygen atoms in total. The zero-order valence-corrected chi connectivity index (χ0v) is 8.47. The highest BCUT2D eigenvalue weighted by atomic mass is 32.2. The van der Waals surface area contributed by atoms with Crippen molar-refractivity contribution in [2.75, 3.05) is 39.6 Å². The van der Waals surface area contributed by atoms with Gasteiger partial charge in [0.1, 0.15) is 0 Å². The molecule has 0 heterocycles. The monoisotopic (exact) mass is 195 g/mol. The molecule has 5 heteroatoms. The molecule has 0 radical (unpaired) electrons. The molecule has 1 unspecified atom stereocenters. The lowest BCUT2D eigenvalue weighted by Crippen LogP contribution is -2.24. The topological polar surface area (TPSA) is 49.8 Å². The van der Waals surface area contributed by atoms with Crippen molar-refractivity contribution in [3.8, 4) is 0 Å². The van der Waals surface area contributed by atoms with Gasteiger partial charge < -0.3 is 14.2 Å². The van der Waals surface area contributed by atoms with E-state index in [0.29, 0.717) is 12.4 Å². The Bertz CT molecular complexity index is 132. The molecule has 0 spiro atoms. The third kappa shape index (κ3) is 8.13. The summed E-state index contributed by atoms with van der Waals surface area (Å²) in [7, 11) is 3.63. The van der Waals surface area contributed by atoms with E-state index in [1.54, 1.807) is 7.11 Å². The second-order valence-corrected chi connectivity index (χ2v) is 3.73. The van der Waals surface area contributed by atoms with Crippen LogP contribution in [0.1, 0.15) is 6.42 Å². The van der Waals surface area contributed by atoms with Gasteiger partial charge in [0.2, 0.25) is 0 Å². The van der Waals surface area contributed by atoms with Gasteiger partial charge in [0.15, 0.2) is 11.1 Å². The van der Waals surface area contributed by atoms with E-state index in [0.717, 1.165) is 19.5 Å². The van der Waals surface area contributed by atoms with Crippen LogP contribution < -0.4 is 0 Å². The molecule has 0 amide bonds. The lowest BCUT2D eigenvalue weighted by Gasteiger charge is -2.14. The first-order chi connectivity index (χ1) is 5.66. The fraction of sp³-hybridized carbons (Fsp3) is 1.00. The van der Waals surface area contributed by atoms with Gasteiger partial charge in [-0.05, 0) is 20.0 Å². The van der Waals surface area contributed by atoms with Gasteiger partial charge in [-0.25, -0.2) is 4.21 Å². The Labute approximate surface area is 76.2 Å². The minimum absolute atomic E-state index is 0.358. The zero-order chi connectivity index (χ0) is 9.40. The summed E-state index contributed by atoms with van der Waals surface area (Å²) in [5, 5.41) is 0. The molecule has 0 aliphatic carbocycles. The molecule has 0 saturated heterocycles. The molecule has 12 heavy (non-hydrogen) atoms. The summed E-state index contributed by atoms with van der Waals surface area (Å²) >= 11 is -1.65. The summed E-state index contributed by atoms with van der Waals surface area (Å²) < 4.78 is 23.6. The summed E-state index contributed by atoms with van der Waals surface area (Å²) in [4.78, 5) is 2.08. The predicted octanol–water partition coefficient (Wildman–Crippen LogP) is 0.176. The fourth-order valence-electron chi connectivity index (χ4n) is 0.817. The van der Waals surface area contributed by atoms with Crippen molar-refractivity contribution in [1.29, 1.82) is 0 Å². The molecule has 0 fully saturated rings. The van der Waals surface area contributed by atoms with Crippen LogP contribution in [0, 0.1) is 0 Å². The summed E-state index contributed by atoms with van der Waals surface area (Å²) in [6.07, 6.45) is 0.753. The maximum atomic E-state index is 10.3. The van der Waals surface area contributed by atoms with E-state index in [1.807, 2.05) is 7.05 Å². The molecule has 0 aromatic carbocycles. The van der Waals surface area contributed by atoms with E-state index < -0.39 is 11.1 Å². The molecule has 1 atom stereocenters. The first kappa shape index (κ1) is 12.0. The van der Waals surface area contributed by atoms with Crippen molar-refractivity contribution in [1.82, 2.24) is 4.90 Å². The Kier molecular flexibility index (Phi) is 7.69. The van der Waals surface area contributed by atoms with E-state index in [2.05, 4.69) is 4.90 Å². The fourth-order valence-corrected chi connectivity index (χ4v) is 1.19. The number of hydrogen-bond acceptors (Lipinski definition) is 3. The molecule has 0 aliphatic heterocycles. The van der Waals surface area contributed by atoms with Gasteiger partial charge in [0.05, 0.1) is 12.4 Å². The molecule has 0 aromatic heterocycles. The number of ether oxygens (including phenoxy) is 1. The highest BCUT2D eigenvalue weighted by Gasteiger charge is 1.98. The standard InChI is InChI=1S/C7H17NO3S/c1-8(5-6-11-2)4-3-7-12(9)10/h3-7H2,1-2H3,(H,9,10). The summed E-state index contributed by atoms with van der Waals surface area (Å²) in [5.41, 5.74) is 0. The van der Waals surface area contributed by atoms with E-state index in [4.69, 9.17) is 9.29 Å². The lowest BCUT2D eigenvalue weighted by molar-refractivity contribution is 0.161. The van der Waals surface area contributed by atoms with Crippen molar-refractivity contribution in [3.05, 3.63) is 0 Å². The molecular weight excluding hydrogens is 178 g/mol. The van der Waals surface area contributed by atoms with Crippen LogP contribution in [0.2, 0.25) is 0 Å². The second kappa shape index (κ2) is 7.67. The molecule has 0 aromatic rings. The van der Waals surface area contributed by atoms with Crippen molar-refractivity contribution >= 4 is 11.1 Å². The third-order valence-electron chi connectivity index (χ3n) is 1.54. The highest BCUT2D eigenvalue weighted by Crippen LogP contribution is 1.89. The number of nitrogens with zero attached hydrogens (tertiary/aromatic N) is 1. The highest BCUT2D eigenvalue weighted by molar-refractivity contribution is 7.79. The van der Waals surface area contributed by atoms with Crippen molar-refractivity contribution in [2.45, 2.75) is 6.42 Å². The molecule has 0 saturated carbocycles. The van der Waals surface area contributed by atoms with Crippen LogP contribution in [0.4, 0.5) is 0 Å². The van der Waals surface area contributed by atoms with E-state index in [1.165, 1.54) is 0 Å². The maximum Gasteiger partial charge on any atom is 0.152 e. The third-order valence-corrected chi connectivity index (χ3v) is 2.17. The minimum atomic E-state index is -1.65. The SMILES string of the molecule is COCCN(C)CCCS(=O)O. The number of likely N-dealkylation sites (N-methyl/N-ethyl adjacent to an activating group) is 1.